The van der Waals surface area contributed by atoms with Crippen LogP contribution in [0.25, 0.3) is 10.8 Å². The first-order valence-electron chi connectivity index (χ1n) is 8.39. The van der Waals surface area contributed by atoms with E-state index in [0.717, 1.165) is 37.0 Å². The van der Waals surface area contributed by atoms with Crippen molar-refractivity contribution in [3.05, 3.63) is 18.4 Å². The van der Waals surface area contributed by atoms with Crippen molar-refractivity contribution in [2.24, 2.45) is 23.2 Å². The van der Waals surface area contributed by atoms with Crippen LogP contribution in [0.1, 0.15) is 38.5 Å². The van der Waals surface area contributed by atoms with Gasteiger partial charge in [0.25, 0.3) is 0 Å². The monoisotopic (exact) mass is 329 g/mol. The van der Waals surface area contributed by atoms with Gasteiger partial charge in [-0.25, -0.2) is 0 Å². The van der Waals surface area contributed by atoms with Crippen LogP contribution in [0.2, 0.25) is 0 Å². The van der Waals surface area contributed by atoms with Gasteiger partial charge in [0.1, 0.15) is 0 Å². The molecular formula is C17H19N3O2S. The van der Waals surface area contributed by atoms with Crippen molar-refractivity contribution in [1.82, 2.24) is 10.2 Å². The number of aromatic nitrogens is 2. The van der Waals surface area contributed by atoms with E-state index < -0.39 is 0 Å². The normalized spacial score (nSPS) is 34.7. The van der Waals surface area contributed by atoms with Gasteiger partial charge in [0.05, 0.1) is 11.7 Å². The molecule has 4 aliphatic carbocycles. The summed E-state index contributed by atoms with van der Waals surface area (Å²) in [6.45, 7) is 0. The van der Waals surface area contributed by atoms with Gasteiger partial charge >= 0.3 is 0 Å². The number of hydrogen-bond acceptors (Lipinski definition) is 5. The molecule has 120 valence electrons. The van der Waals surface area contributed by atoms with Crippen LogP contribution in [0.3, 0.4) is 0 Å². The summed E-state index contributed by atoms with van der Waals surface area (Å²) in [7, 11) is 0. The SMILES string of the molecule is O=C(Nc1nnc(-c2ccco2)s1)C12CC3CC(CC(C3)C1)C2. The molecule has 1 N–H and O–H groups in total. The largest absolute Gasteiger partial charge is 0.462 e. The fraction of sp³-hybridized carbons (Fsp3) is 0.588. The van der Waals surface area contributed by atoms with Crippen molar-refractivity contribution in [3.63, 3.8) is 0 Å². The lowest BCUT2D eigenvalue weighted by Crippen LogP contribution is -2.51. The number of nitrogens with zero attached hydrogens (tertiary/aromatic N) is 2. The van der Waals surface area contributed by atoms with E-state index in [9.17, 15) is 4.79 Å². The summed E-state index contributed by atoms with van der Waals surface area (Å²) in [5.74, 6) is 3.15. The van der Waals surface area contributed by atoms with Crippen LogP contribution in [0.4, 0.5) is 5.13 Å². The van der Waals surface area contributed by atoms with E-state index in [1.165, 1.54) is 30.6 Å². The first-order valence-corrected chi connectivity index (χ1v) is 9.21. The maximum Gasteiger partial charge on any atom is 0.232 e. The highest BCUT2D eigenvalue weighted by Crippen LogP contribution is 2.60. The molecular weight excluding hydrogens is 310 g/mol. The Kier molecular flexibility index (Phi) is 2.92. The Labute approximate surface area is 138 Å². The van der Waals surface area contributed by atoms with Crippen LogP contribution in [-0.2, 0) is 4.79 Å². The molecule has 23 heavy (non-hydrogen) atoms. The summed E-state index contributed by atoms with van der Waals surface area (Å²) in [5, 5.41) is 12.6. The summed E-state index contributed by atoms with van der Waals surface area (Å²) in [6.07, 6.45) is 8.83. The zero-order chi connectivity index (χ0) is 15.4. The third-order valence-corrected chi connectivity index (χ3v) is 6.75. The lowest BCUT2D eigenvalue weighted by atomic mass is 9.49. The second kappa shape index (κ2) is 4.90. The first-order chi connectivity index (χ1) is 11.2. The Morgan fingerprint density at radius 3 is 2.48 bits per heavy atom. The van der Waals surface area contributed by atoms with Crippen molar-refractivity contribution in [1.29, 1.82) is 0 Å². The van der Waals surface area contributed by atoms with Crippen LogP contribution in [0.5, 0.6) is 0 Å². The minimum atomic E-state index is -0.148. The second-order valence-corrected chi connectivity index (χ2v) is 8.52. The van der Waals surface area contributed by atoms with Gasteiger partial charge in [-0.1, -0.05) is 11.3 Å². The van der Waals surface area contributed by atoms with E-state index in [2.05, 4.69) is 15.5 Å². The number of carbonyl (C=O) groups excluding carboxylic acids is 1. The summed E-state index contributed by atoms with van der Waals surface area (Å²) in [5.41, 5.74) is -0.148. The van der Waals surface area contributed by atoms with Crippen LogP contribution in [-0.4, -0.2) is 16.1 Å². The van der Waals surface area contributed by atoms with E-state index in [-0.39, 0.29) is 11.3 Å². The lowest BCUT2D eigenvalue weighted by Gasteiger charge is -2.55. The Morgan fingerprint density at radius 2 is 1.87 bits per heavy atom. The number of nitrogens with one attached hydrogen (secondary N) is 1. The topological polar surface area (TPSA) is 68.0 Å². The van der Waals surface area contributed by atoms with E-state index in [1.807, 2.05) is 12.1 Å². The van der Waals surface area contributed by atoms with Crippen LogP contribution in [0, 0.1) is 23.2 Å². The number of amides is 1. The maximum absolute atomic E-state index is 13.0. The van der Waals surface area contributed by atoms with Crippen molar-refractivity contribution < 1.29 is 9.21 Å². The number of rotatable bonds is 3. The number of furan rings is 1. The van der Waals surface area contributed by atoms with E-state index in [4.69, 9.17) is 4.42 Å². The summed E-state index contributed by atoms with van der Waals surface area (Å²) >= 11 is 1.38. The predicted molar refractivity (Wildman–Crippen MR) is 86.8 cm³/mol. The van der Waals surface area contributed by atoms with Crippen LogP contribution >= 0.6 is 11.3 Å². The molecule has 0 spiro atoms. The maximum atomic E-state index is 13.0. The summed E-state index contributed by atoms with van der Waals surface area (Å²) in [4.78, 5) is 13.0. The molecule has 0 radical (unpaired) electrons. The smallest absolute Gasteiger partial charge is 0.232 e. The Hall–Kier alpha value is -1.69. The summed E-state index contributed by atoms with van der Waals surface area (Å²) in [6, 6.07) is 3.68. The van der Waals surface area contributed by atoms with E-state index in [1.54, 1.807) is 6.26 Å². The fourth-order valence-corrected chi connectivity index (χ4v) is 6.10. The Morgan fingerprint density at radius 1 is 1.17 bits per heavy atom. The molecule has 0 aromatic carbocycles. The standard InChI is InChI=1S/C17H19N3O2S/c21-15(17-7-10-4-11(8-17)6-12(5-10)9-17)18-16-20-19-14(23-16)13-2-1-3-22-13/h1-3,10-12H,4-9H2,(H,18,20,21). The van der Waals surface area contributed by atoms with Crippen LogP contribution in [0.15, 0.2) is 22.8 Å². The molecule has 4 saturated carbocycles. The molecule has 4 fully saturated rings. The second-order valence-electron chi connectivity index (χ2n) is 7.54. The van der Waals surface area contributed by atoms with Crippen LogP contribution < -0.4 is 5.32 Å². The third-order valence-electron chi connectivity index (χ3n) is 5.90. The third kappa shape index (κ3) is 2.23. The molecule has 0 aliphatic heterocycles. The number of anilines is 1. The van der Waals surface area contributed by atoms with E-state index in [0.29, 0.717) is 15.9 Å². The van der Waals surface area contributed by atoms with Crippen molar-refractivity contribution in [3.8, 4) is 10.8 Å². The molecule has 0 atom stereocenters. The zero-order valence-electron chi connectivity index (χ0n) is 12.8. The molecule has 2 aromatic heterocycles. The number of hydrogen-bond donors (Lipinski definition) is 1. The minimum Gasteiger partial charge on any atom is -0.462 e. The van der Waals surface area contributed by atoms with Gasteiger partial charge in [-0.15, -0.1) is 10.2 Å². The highest BCUT2D eigenvalue weighted by atomic mass is 32.1. The van der Waals surface area contributed by atoms with Crippen molar-refractivity contribution in [2.75, 3.05) is 5.32 Å². The average Bonchev–Trinajstić information content (AvgIpc) is 3.16. The van der Waals surface area contributed by atoms with Gasteiger partial charge in [0, 0.05) is 0 Å². The molecule has 4 aliphatic rings. The van der Waals surface area contributed by atoms with Gasteiger partial charge in [-0.3, -0.25) is 4.79 Å². The minimum absolute atomic E-state index is 0.148. The molecule has 2 aromatic rings. The molecule has 5 nitrogen and oxygen atoms in total. The van der Waals surface area contributed by atoms with Gasteiger partial charge in [-0.05, 0) is 68.4 Å². The quantitative estimate of drug-likeness (QED) is 0.925. The lowest BCUT2D eigenvalue weighted by molar-refractivity contribution is -0.140. The Balaban J connectivity index is 1.36. The fourth-order valence-electron chi connectivity index (χ4n) is 5.39. The predicted octanol–water partition coefficient (Wildman–Crippen LogP) is 3.95. The van der Waals surface area contributed by atoms with Crippen molar-refractivity contribution >= 4 is 22.4 Å². The van der Waals surface area contributed by atoms with Gasteiger partial charge in [0.15, 0.2) is 10.8 Å². The van der Waals surface area contributed by atoms with Crippen molar-refractivity contribution in [2.45, 2.75) is 38.5 Å². The van der Waals surface area contributed by atoms with E-state index >= 15 is 0 Å². The molecule has 6 rings (SSSR count). The summed E-state index contributed by atoms with van der Waals surface area (Å²) < 4.78 is 5.33. The van der Waals surface area contributed by atoms with Gasteiger partial charge in [-0.2, -0.15) is 0 Å². The number of carbonyl (C=O) groups is 1. The Bertz CT molecular complexity index is 702. The highest BCUT2D eigenvalue weighted by Gasteiger charge is 2.54. The molecule has 0 unspecified atom stereocenters. The average molecular weight is 329 g/mol. The highest BCUT2D eigenvalue weighted by molar-refractivity contribution is 7.18. The molecule has 4 bridgehead atoms. The molecule has 2 heterocycles. The molecule has 6 heteroatoms. The molecule has 1 amide bonds. The van der Waals surface area contributed by atoms with Gasteiger partial charge < -0.3 is 9.73 Å². The molecule has 0 saturated heterocycles. The van der Waals surface area contributed by atoms with Gasteiger partial charge in [0.2, 0.25) is 11.0 Å². The zero-order valence-corrected chi connectivity index (χ0v) is 13.6. The first kappa shape index (κ1) is 13.7.